The molecule has 1 unspecified atom stereocenters. The van der Waals surface area contributed by atoms with Crippen molar-refractivity contribution >= 4 is 23.6 Å². The number of hydrogen-bond acceptors (Lipinski definition) is 6. The van der Waals surface area contributed by atoms with Crippen LogP contribution in [0.2, 0.25) is 0 Å². The van der Waals surface area contributed by atoms with E-state index in [1.54, 1.807) is 27.8 Å². The summed E-state index contributed by atoms with van der Waals surface area (Å²) >= 11 is 1.31. The van der Waals surface area contributed by atoms with Crippen molar-refractivity contribution in [2.45, 2.75) is 37.3 Å². The lowest BCUT2D eigenvalue weighted by Crippen LogP contribution is -2.68. The molecule has 1 aliphatic rings. The lowest BCUT2D eigenvalue weighted by atomic mass is 9.94. The Labute approximate surface area is 114 Å². The molecule has 2 N–H and O–H groups in total. The maximum atomic E-state index is 11.9. The molecule has 0 aromatic carbocycles. The van der Waals surface area contributed by atoms with E-state index < -0.39 is 11.5 Å². The number of aromatic nitrogens is 4. The Morgan fingerprint density at radius 3 is 2.63 bits per heavy atom. The highest BCUT2D eigenvalue weighted by Gasteiger charge is 2.43. The van der Waals surface area contributed by atoms with Crippen molar-refractivity contribution in [1.29, 1.82) is 0 Å². The molecule has 0 bridgehead atoms. The van der Waals surface area contributed by atoms with Gasteiger partial charge in [0.25, 0.3) is 0 Å². The van der Waals surface area contributed by atoms with Crippen LogP contribution in [-0.4, -0.2) is 43.4 Å². The van der Waals surface area contributed by atoms with E-state index in [-0.39, 0.29) is 17.2 Å². The minimum atomic E-state index is -0.548. The lowest BCUT2D eigenvalue weighted by molar-refractivity contribution is -0.137. The second kappa shape index (κ2) is 4.80. The maximum Gasteiger partial charge on any atom is 0.246 e. The summed E-state index contributed by atoms with van der Waals surface area (Å²) in [6.07, 6.45) is 0. The third-order valence-electron chi connectivity index (χ3n) is 2.65. The van der Waals surface area contributed by atoms with Gasteiger partial charge in [-0.15, -0.1) is 5.10 Å². The van der Waals surface area contributed by atoms with E-state index in [0.717, 1.165) is 0 Å². The Kier molecular flexibility index (Phi) is 3.48. The molecule has 1 aromatic heterocycles. The van der Waals surface area contributed by atoms with Gasteiger partial charge in [-0.2, -0.15) is 0 Å². The summed E-state index contributed by atoms with van der Waals surface area (Å²) in [5.74, 6) is -0.348. The van der Waals surface area contributed by atoms with Crippen LogP contribution in [0.4, 0.5) is 0 Å². The molecular formula is C10H16N6O2S. The summed E-state index contributed by atoms with van der Waals surface area (Å²) in [4.78, 5) is 23.4. The summed E-state index contributed by atoms with van der Waals surface area (Å²) in [6, 6.07) is -0.548. The molecule has 2 atom stereocenters. The third kappa shape index (κ3) is 2.86. The largest absolute Gasteiger partial charge is 0.341 e. The van der Waals surface area contributed by atoms with E-state index in [0.29, 0.717) is 5.16 Å². The van der Waals surface area contributed by atoms with Gasteiger partial charge in [-0.05, 0) is 10.4 Å². The second-order valence-corrected chi connectivity index (χ2v) is 6.44. The van der Waals surface area contributed by atoms with Gasteiger partial charge in [0.2, 0.25) is 17.0 Å². The highest BCUT2D eigenvalue weighted by molar-refractivity contribution is 7.99. The predicted molar refractivity (Wildman–Crippen MR) is 68.0 cm³/mol. The smallest absolute Gasteiger partial charge is 0.246 e. The van der Waals surface area contributed by atoms with Crippen LogP contribution in [0.5, 0.6) is 0 Å². The molecule has 1 saturated heterocycles. The number of rotatable bonds is 3. The number of carbonyl (C=O) groups excluding carboxylic acids is 2. The van der Waals surface area contributed by atoms with Crippen molar-refractivity contribution in [1.82, 2.24) is 30.8 Å². The molecule has 1 fully saturated rings. The fourth-order valence-corrected chi connectivity index (χ4v) is 2.39. The molecule has 19 heavy (non-hydrogen) atoms. The van der Waals surface area contributed by atoms with Gasteiger partial charge in [0.1, 0.15) is 11.4 Å². The molecule has 0 saturated carbocycles. The van der Waals surface area contributed by atoms with E-state index >= 15 is 0 Å². The first kappa shape index (κ1) is 13.8. The molecule has 0 radical (unpaired) electrons. The zero-order valence-electron chi connectivity index (χ0n) is 11.2. The number of nitrogens with zero attached hydrogens (tertiary/aromatic N) is 4. The zero-order valence-corrected chi connectivity index (χ0v) is 12.0. The zero-order chi connectivity index (χ0) is 14.2. The van der Waals surface area contributed by atoms with Gasteiger partial charge >= 0.3 is 0 Å². The highest BCUT2D eigenvalue weighted by atomic mass is 32.2. The first-order chi connectivity index (χ1) is 8.79. The third-order valence-corrected chi connectivity index (χ3v) is 3.85. The summed E-state index contributed by atoms with van der Waals surface area (Å²) in [7, 11) is 1.71. The molecule has 8 nitrogen and oxygen atoms in total. The number of aryl methyl sites for hydroxylation is 1. The standard InChI is InChI=1S/C10H16N6O2S/c1-10(2,3)8(18)11-5-6(17)12-7(5)19-9-13-14-15-16(9)4/h5,7H,1-4H3,(H,11,18)(H,12,17)/t5-,7?/m1/s1. The average molecular weight is 284 g/mol. The van der Waals surface area contributed by atoms with Crippen LogP contribution >= 0.6 is 11.8 Å². The van der Waals surface area contributed by atoms with Gasteiger partial charge in [0.05, 0.1) is 0 Å². The quantitative estimate of drug-likeness (QED) is 0.711. The second-order valence-electron chi connectivity index (χ2n) is 5.33. The van der Waals surface area contributed by atoms with Crippen LogP contribution in [0, 0.1) is 5.41 Å². The number of nitrogens with one attached hydrogen (secondary N) is 2. The van der Waals surface area contributed by atoms with Crippen LogP contribution in [0.25, 0.3) is 0 Å². The normalized spacial score (nSPS) is 22.6. The fraction of sp³-hybridized carbons (Fsp3) is 0.700. The Morgan fingerprint density at radius 1 is 1.47 bits per heavy atom. The molecule has 1 aromatic rings. The van der Waals surface area contributed by atoms with E-state index in [9.17, 15) is 9.59 Å². The summed E-state index contributed by atoms with van der Waals surface area (Å²) in [5.41, 5.74) is -0.530. The van der Waals surface area contributed by atoms with E-state index in [1.807, 2.05) is 0 Å². The Balaban J connectivity index is 1.99. The molecule has 1 aliphatic heterocycles. The molecule has 9 heteroatoms. The first-order valence-electron chi connectivity index (χ1n) is 5.79. The minimum absolute atomic E-state index is 0.158. The number of hydrogen-bond donors (Lipinski definition) is 2. The van der Waals surface area contributed by atoms with Crippen LogP contribution < -0.4 is 10.6 Å². The maximum absolute atomic E-state index is 11.9. The molecule has 2 heterocycles. The summed E-state index contributed by atoms with van der Waals surface area (Å²) < 4.78 is 1.51. The van der Waals surface area contributed by atoms with Crippen molar-refractivity contribution in [3.63, 3.8) is 0 Å². The lowest BCUT2D eigenvalue weighted by Gasteiger charge is -2.37. The van der Waals surface area contributed by atoms with Crippen LogP contribution in [-0.2, 0) is 16.6 Å². The topological polar surface area (TPSA) is 102 Å². The molecule has 2 rings (SSSR count). The van der Waals surface area contributed by atoms with Gasteiger partial charge in [-0.1, -0.05) is 32.5 Å². The van der Waals surface area contributed by atoms with Crippen molar-refractivity contribution < 1.29 is 9.59 Å². The minimum Gasteiger partial charge on any atom is -0.341 e. The fourth-order valence-electron chi connectivity index (χ4n) is 1.39. The van der Waals surface area contributed by atoms with E-state index in [2.05, 4.69) is 26.2 Å². The van der Waals surface area contributed by atoms with Crippen LogP contribution in [0.15, 0.2) is 5.16 Å². The number of carbonyl (C=O) groups is 2. The number of tetrazole rings is 1. The van der Waals surface area contributed by atoms with Crippen LogP contribution in [0.3, 0.4) is 0 Å². The van der Waals surface area contributed by atoms with Gasteiger partial charge in [-0.3, -0.25) is 9.59 Å². The van der Waals surface area contributed by atoms with Gasteiger partial charge in [0, 0.05) is 12.5 Å². The Morgan fingerprint density at radius 2 is 2.16 bits per heavy atom. The predicted octanol–water partition coefficient (Wildman–Crippen LogP) is -0.711. The van der Waals surface area contributed by atoms with E-state index in [1.165, 1.54) is 16.4 Å². The number of thioether (sulfide) groups is 1. The Hall–Kier alpha value is -1.64. The van der Waals surface area contributed by atoms with Gasteiger partial charge in [-0.25, -0.2) is 4.68 Å². The number of β-lactam (4-membered cyclic amide) rings is 1. The highest BCUT2D eigenvalue weighted by Crippen LogP contribution is 2.26. The van der Waals surface area contributed by atoms with Crippen molar-refractivity contribution in [2.75, 3.05) is 0 Å². The monoisotopic (exact) mass is 284 g/mol. The summed E-state index contributed by atoms with van der Waals surface area (Å²) in [5, 5.41) is 16.8. The molecule has 104 valence electrons. The van der Waals surface area contributed by atoms with Crippen molar-refractivity contribution in [3.05, 3.63) is 0 Å². The molecule has 2 amide bonds. The Bertz CT molecular complexity index is 508. The van der Waals surface area contributed by atoms with Gasteiger partial charge in [0.15, 0.2) is 0 Å². The van der Waals surface area contributed by atoms with Gasteiger partial charge < -0.3 is 10.6 Å². The molecule has 0 spiro atoms. The summed E-state index contributed by atoms with van der Waals surface area (Å²) in [6.45, 7) is 5.40. The number of amides is 2. The SMILES string of the molecule is Cn1nnnc1SC1NC(=O)[C@H]1NC(=O)C(C)(C)C. The first-order valence-corrected chi connectivity index (χ1v) is 6.67. The van der Waals surface area contributed by atoms with Crippen molar-refractivity contribution in [3.8, 4) is 0 Å². The molecular weight excluding hydrogens is 268 g/mol. The molecule has 0 aliphatic carbocycles. The van der Waals surface area contributed by atoms with Crippen LogP contribution in [0.1, 0.15) is 20.8 Å². The average Bonchev–Trinajstić information content (AvgIpc) is 2.70. The van der Waals surface area contributed by atoms with Crippen molar-refractivity contribution in [2.24, 2.45) is 12.5 Å². The van der Waals surface area contributed by atoms with E-state index in [4.69, 9.17) is 0 Å².